The molecule has 5 nitrogen and oxygen atoms in total. The van der Waals surface area contributed by atoms with E-state index in [0.29, 0.717) is 17.2 Å². The van der Waals surface area contributed by atoms with Crippen molar-refractivity contribution in [1.82, 2.24) is 9.78 Å². The number of benzene rings is 2. The third-order valence-corrected chi connectivity index (χ3v) is 5.17. The highest BCUT2D eigenvalue weighted by Gasteiger charge is 2.22. The number of anilines is 1. The SMILES string of the molecule is Cc1nn(C)c(NC(=O)c2oc3ccccc3c2C)c1-c1ccc(Br)cc1. The van der Waals surface area contributed by atoms with Crippen LogP contribution in [-0.4, -0.2) is 15.7 Å². The predicted octanol–water partition coefficient (Wildman–Crippen LogP) is 5.46. The lowest BCUT2D eigenvalue weighted by molar-refractivity contribution is 0.0997. The zero-order valence-electron chi connectivity index (χ0n) is 15.2. The van der Waals surface area contributed by atoms with Crippen LogP contribution in [0.3, 0.4) is 0 Å². The maximum atomic E-state index is 13.0. The van der Waals surface area contributed by atoms with Crippen LogP contribution in [-0.2, 0) is 7.05 Å². The van der Waals surface area contributed by atoms with E-state index in [1.807, 2.05) is 69.4 Å². The summed E-state index contributed by atoms with van der Waals surface area (Å²) in [6.45, 7) is 3.82. The summed E-state index contributed by atoms with van der Waals surface area (Å²) in [7, 11) is 1.82. The molecule has 27 heavy (non-hydrogen) atoms. The van der Waals surface area contributed by atoms with Crippen LogP contribution < -0.4 is 5.32 Å². The van der Waals surface area contributed by atoms with E-state index >= 15 is 0 Å². The van der Waals surface area contributed by atoms with E-state index in [2.05, 4.69) is 26.3 Å². The van der Waals surface area contributed by atoms with E-state index in [4.69, 9.17) is 4.42 Å². The van der Waals surface area contributed by atoms with Gasteiger partial charge in [0.1, 0.15) is 11.4 Å². The van der Waals surface area contributed by atoms with Crippen LogP contribution in [0.5, 0.6) is 0 Å². The Morgan fingerprint density at radius 3 is 2.52 bits per heavy atom. The van der Waals surface area contributed by atoms with Gasteiger partial charge >= 0.3 is 0 Å². The van der Waals surface area contributed by atoms with Crippen LogP contribution >= 0.6 is 15.9 Å². The van der Waals surface area contributed by atoms with Crippen molar-refractivity contribution in [3.63, 3.8) is 0 Å². The van der Waals surface area contributed by atoms with Crippen molar-refractivity contribution in [2.24, 2.45) is 7.05 Å². The molecule has 0 unspecified atom stereocenters. The van der Waals surface area contributed by atoms with E-state index in [1.54, 1.807) is 4.68 Å². The molecule has 6 heteroatoms. The van der Waals surface area contributed by atoms with Gasteiger partial charge in [-0.1, -0.05) is 46.3 Å². The first-order valence-electron chi connectivity index (χ1n) is 8.54. The standard InChI is InChI=1S/C21H18BrN3O2/c1-12-16-6-4-5-7-17(16)27-19(12)21(26)23-20-18(13(2)24-25(20)3)14-8-10-15(22)11-9-14/h4-11H,1-3H3,(H,23,26). The Kier molecular flexibility index (Phi) is 4.36. The molecule has 0 aliphatic carbocycles. The van der Waals surface area contributed by atoms with Gasteiger partial charge < -0.3 is 9.73 Å². The van der Waals surface area contributed by atoms with Crippen molar-refractivity contribution in [2.75, 3.05) is 5.32 Å². The van der Waals surface area contributed by atoms with Gasteiger partial charge in [-0.25, -0.2) is 0 Å². The smallest absolute Gasteiger partial charge is 0.292 e. The molecule has 0 radical (unpaired) electrons. The molecule has 4 aromatic rings. The summed E-state index contributed by atoms with van der Waals surface area (Å²) in [5.41, 5.74) is 4.26. The first kappa shape index (κ1) is 17.5. The van der Waals surface area contributed by atoms with E-state index in [1.165, 1.54) is 0 Å². The molecule has 0 atom stereocenters. The first-order chi connectivity index (χ1) is 13.0. The molecule has 0 fully saturated rings. The Balaban J connectivity index is 1.75. The van der Waals surface area contributed by atoms with E-state index < -0.39 is 0 Å². The summed E-state index contributed by atoms with van der Waals surface area (Å²) in [6, 6.07) is 15.6. The molecule has 2 aromatic heterocycles. The molecule has 0 aliphatic rings. The van der Waals surface area contributed by atoms with E-state index in [9.17, 15) is 4.79 Å². The van der Waals surface area contributed by atoms with Crippen molar-refractivity contribution in [2.45, 2.75) is 13.8 Å². The highest BCUT2D eigenvalue weighted by molar-refractivity contribution is 9.10. The second-order valence-corrected chi connectivity index (χ2v) is 7.36. The van der Waals surface area contributed by atoms with E-state index in [-0.39, 0.29) is 5.91 Å². The van der Waals surface area contributed by atoms with Crippen molar-refractivity contribution in [3.05, 3.63) is 70.0 Å². The number of carbonyl (C=O) groups is 1. The molecular formula is C21H18BrN3O2. The minimum absolute atomic E-state index is 0.287. The summed E-state index contributed by atoms with van der Waals surface area (Å²) >= 11 is 3.45. The number of nitrogens with zero attached hydrogens (tertiary/aromatic N) is 2. The maximum Gasteiger partial charge on any atom is 0.292 e. The van der Waals surface area contributed by atoms with Gasteiger partial charge in [-0.3, -0.25) is 9.48 Å². The highest BCUT2D eigenvalue weighted by atomic mass is 79.9. The number of carbonyl (C=O) groups excluding carboxylic acids is 1. The van der Waals surface area contributed by atoms with Crippen LogP contribution in [0, 0.1) is 13.8 Å². The monoisotopic (exact) mass is 423 g/mol. The molecule has 1 N–H and O–H groups in total. The van der Waals surface area contributed by atoms with Crippen LogP contribution in [0.1, 0.15) is 21.8 Å². The average molecular weight is 424 g/mol. The second-order valence-electron chi connectivity index (χ2n) is 6.45. The number of fused-ring (bicyclic) bond motifs is 1. The van der Waals surface area contributed by atoms with Crippen LogP contribution in [0.25, 0.3) is 22.1 Å². The summed E-state index contributed by atoms with van der Waals surface area (Å²) in [6.07, 6.45) is 0. The molecular weight excluding hydrogens is 406 g/mol. The Bertz CT molecular complexity index is 1160. The predicted molar refractivity (Wildman–Crippen MR) is 110 cm³/mol. The van der Waals surface area contributed by atoms with Gasteiger partial charge in [0, 0.05) is 28.0 Å². The molecule has 136 valence electrons. The molecule has 0 saturated heterocycles. The van der Waals surface area contributed by atoms with Crippen LogP contribution in [0.15, 0.2) is 57.4 Å². The molecule has 1 amide bonds. The van der Waals surface area contributed by atoms with Gasteiger partial charge in [-0.2, -0.15) is 5.10 Å². The lowest BCUT2D eigenvalue weighted by atomic mass is 10.1. The number of aryl methyl sites for hydroxylation is 3. The van der Waals surface area contributed by atoms with Gasteiger partial charge in [-0.05, 0) is 37.6 Å². The zero-order valence-corrected chi connectivity index (χ0v) is 16.8. The second kappa shape index (κ2) is 6.70. The third kappa shape index (κ3) is 3.06. The summed E-state index contributed by atoms with van der Waals surface area (Å²) < 4.78 is 8.47. The summed E-state index contributed by atoms with van der Waals surface area (Å²) in [5.74, 6) is 0.668. The topological polar surface area (TPSA) is 60.1 Å². The van der Waals surface area contributed by atoms with Crippen LogP contribution in [0.2, 0.25) is 0 Å². The zero-order chi connectivity index (χ0) is 19.1. The highest BCUT2D eigenvalue weighted by Crippen LogP contribution is 2.33. The van der Waals surface area contributed by atoms with Crippen molar-refractivity contribution >= 4 is 38.6 Å². The fraction of sp³-hybridized carbons (Fsp3) is 0.143. The fourth-order valence-electron chi connectivity index (χ4n) is 3.32. The summed E-state index contributed by atoms with van der Waals surface area (Å²) in [4.78, 5) is 13.0. The number of para-hydroxylation sites is 1. The number of hydrogen-bond acceptors (Lipinski definition) is 3. The average Bonchev–Trinajstić information content (AvgIpc) is 3.13. The number of aromatic nitrogens is 2. The number of hydrogen-bond donors (Lipinski definition) is 1. The van der Waals surface area contributed by atoms with Gasteiger partial charge in [0.2, 0.25) is 0 Å². The van der Waals surface area contributed by atoms with Gasteiger partial charge in [0.25, 0.3) is 5.91 Å². The molecule has 0 spiro atoms. The molecule has 2 aromatic carbocycles. The lowest BCUT2D eigenvalue weighted by Gasteiger charge is -2.09. The lowest BCUT2D eigenvalue weighted by Crippen LogP contribution is -2.15. The molecule has 2 heterocycles. The molecule has 0 aliphatic heterocycles. The third-order valence-electron chi connectivity index (χ3n) is 4.64. The minimum Gasteiger partial charge on any atom is -0.451 e. The Morgan fingerprint density at radius 2 is 1.81 bits per heavy atom. The first-order valence-corrected chi connectivity index (χ1v) is 9.34. The molecule has 0 bridgehead atoms. The number of nitrogens with one attached hydrogen (secondary N) is 1. The maximum absolute atomic E-state index is 13.0. The van der Waals surface area contributed by atoms with Crippen molar-refractivity contribution in [3.8, 4) is 11.1 Å². The Morgan fingerprint density at radius 1 is 1.11 bits per heavy atom. The number of halogens is 1. The van der Waals surface area contributed by atoms with Crippen LogP contribution in [0.4, 0.5) is 5.82 Å². The van der Waals surface area contributed by atoms with Gasteiger partial charge in [-0.15, -0.1) is 0 Å². The number of rotatable bonds is 3. The quantitative estimate of drug-likeness (QED) is 0.475. The fourth-order valence-corrected chi connectivity index (χ4v) is 3.58. The van der Waals surface area contributed by atoms with Crippen molar-refractivity contribution < 1.29 is 9.21 Å². The Hall–Kier alpha value is -2.86. The number of furan rings is 1. The summed E-state index contributed by atoms with van der Waals surface area (Å²) in [5, 5.41) is 8.41. The normalized spacial score (nSPS) is 11.1. The van der Waals surface area contributed by atoms with Gasteiger partial charge in [0.05, 0.1) is 5.69 Å². The van der Waals surface area contributed by atoms with E-state index in [0.717, 1.165) is 32.2 Å². The minimum atomic E-state index is -0.287. The van der Waals surface area contributed by atoms with Gasteiger partial charge in [0.15, 0.2) is 5.76 Å². The molecule has 4 rings (SSSR count). The largest absolute Gasteiger partial charge is 0.451 e. The molecule has 0 saturated carbocycles. The van der Waals surface area contributed by atoms with Crippen molar-refractivity contribution in [1.29, 1.82) is 0 Å². The number of amides is 1. The Labute approximate surface area is 165 Å².